The van der Waals surface area contributed by atoms with Crippen molar-refractivity contribution < 1.29 is 53.5 Å². The molecule has 0 aromatic heterocycles. The van der Waals surface area contributed by atoms with Gasteiger partial charge in [0.2, 0.25) is 0 Å². The van der Waals surface area contributed by atoms with Gasteiger partial charge in [0.1, 0.15) is 0 Å². The summed E-state index contributed by atoms with van der Waals surface area (Å²) < 4.78 is 85.7. The van der Waals surface area contributed by atoms with E-state index in [4.69, 9.17) is 53.5 Å². The average Bonchev–Trinajstić information content (AvgIpc) is 2.43. The molecule has 4 atom stereocenters. The maximum Gasteiger partial charge on any atom is 0.475 e. The molecule has 22 heteroatoms. The highest BCUT2D eigenvalue weighted by Gasteiger charge is 2.76. The van der Waals surface area contributed by atoms with E-state index in [2.05, 4.69) is 0 Å². The normalized spacial score (nSPS) is 63.1. The highest BCUT2D eigenvalue weighted by atomic mass is 28.6. The first-order valence-electron chi connectivity index (χ1n) is 10.9. The SMILES string of the molecule is CC[Si]1(C)O[Si]2(C)O[Si]3(C)O[Si]4(C)O[Si](C)(O1)O[Si]1(C)O[Si](C)(O2)O[Si](C)(O3)O[Si](C)(O4)O1. The third-order valence-corrected chi connectivity index (χ3v) is 45.9. The van der Waals surface area contributed by atoms with E-state index in [1.54, 1.807) is 52.4 Å². The van der Waals surface area contributed by atoms with Gasteiger partial charge in [0, 0.05) is 52.4 Å². The molecule has 0 aromatic carbocycles. The molecule has 0 aliphatic carbocycles. The molecule has 8 bridgehead atoms. The van der Waals surface area contributed by atoms with E-state index < -0.39 is 79.0 Å². The first-order valence-corrected chi connectivity index (χ1v) is 31.2. The fraction of sp³-hybridized carbons (Fsp3) is 1.00. The van der Waals surface area contributed by atoms with E-state index in [0.29, 0.717) is 6.04 Å². The molecule has 13 nitrogen and oxygen atoms in total. The summed E-state index contributed by atoms with van der Waals surface area (Å²) in [5, 5.41) is 0. The second kappa shape index (κ2) is 7.29. The van der Waals surface area contributed by atoms with Gasteiger partial charge in [-0.25, -0.2) is 0 Å². The minimum absolute atomic E-state index is 0.609. The van der Waals surface area contributed by atoms with Crippen molar-refractivity contribution in [2.24, 2.45) is 0 Å². The van der Waals surface area contributed by atoms with Crippen molar-refractivity contribution in [1.82, 2.24) is 0 Å². The van der Waals surface area contributed by atoms with Crippen molar-refractivity contribution in [2.45, 2.75) is 71.9 Å². The molecule has 33 heavy (non-hydrogen) atoms. The Hall–Kier alpha value is 1.43. The van der Waals surface area contributed by atoms with Crippen molar-refractivity contribution in [1.29, 1.82) is 0 Å². The lowest BCUT2D eigenvalue weighted by molar-refractivity contribution is -0.00320. The van der Waals surface area contributed by atoms with Crippen LogP contribution in [0.25, 0.3) is 0 Å². The fourth-order valence-corrected chi connectivity index (χ4v) is 55.8. The van der Waals surface area contributed by atoms with Gasteiger partial charge < -0.3 is 53.5 Å². The Morgan fingerprint density at radius 1 is 0.303 bits per heavy atom. The Balaban J connectivity index is 1.81. The quantitative estimate of drug-likeness (QED) is 0.395. The van der Waals surface area contributed by atoms with E-state index in [9.17, 15) is 0 Å². The van der Waals surface area contributed by atoms with Gasteiger partial charge in [-0.3, -0.25) is 0 Å². The van der Waals surface area contributed by atoms with Gasteiger partial charge in [-0.05, 0) is 12.6 Å². The van der Waals surface area contributed by atoms with Crippen LogP contribution in [0, 0.1) is 0 Å². The molecule has 6 rings (SSSR count). The van der Waals surface area contributed by atoms with Gasteiger partial charge in [-0.1, -0.05) is 6.92 Å². The van der Waals surface area contributed by atoms with Crippen LogP contribution in [-0.2, 0) is 53.5 Å². The molecule has 0 spiro atoms. The standard InChI is InChI=1S/C11H32O13Si9/c1-11-25(2)12-26(3)14-28(5)18-30(7)16-27(4,13-25)17-31(8)19-29(6,15-26)21-32(9,20-28)24-33(10,22-30)23-31/h11H2,1-10H3. The number of fused-ring (bicyclic) bond motifs is 2. The second-order valence-electron chi connectivity index (χ2n) is 9.71. The highest BCUT2D eigenvalue weighted by molar-refractivity contribution is 7.01. The molecule has 0 saturated carbocycles. The number of hydrogen-bond donors (Lipinski definition) is 0. The topological polar surface area (TPSA) is 120 Å². The van der Waals surface area contributed by atoms with Gasteiger partial charge >= 0.3 is 79.0 Å². The molecule has 0 aromatic rings. The molecule has 6 aliphatic rings. The average molecular weight is 625 g/mol. The van der Waals surface area contributed by atoms with Crippen LogP contribution in [0.2, 0.25) is 65.0 Å². The molecule has 6 saturated heterocycles. The summed E-state index contributed by atoms with van der Waals surface area (Å²) in [6.45, 7) is 18.1. The smallest absolute Gasteiger partial charge is 0.395 e. The summed E-state index contributed by atoms with van der Waals surface area (Å²) in [6, 6.07) is 0.609. The van der Waals surface area contributed by atoms with Crippen molar-refractivity contribution in [3.8, 4) is 0 Å². The summed E-state index contributed by atoms with van der Waals surface area (Å²) >= 11 is 0. The van der Waals surface area contributed by atoms with Crippen molar-refractivity contribution in [3.05, 3.63) is 0 Å². The summed E-state index contributed by atoms with van der Waals surface area (Å²) in [7, 11) is -31.2. The molecule has 6 aliphatic heterocycles. The van der Waals surface area contributed by atoms with Crippen LogP contribution in [0.4, 0.5) is 0 Å². The maximum atomic E-state index is 6.65. The molecule has 0 amide bonds. The Morgan fingerprint density at radius 2 is 0.455 bits per heavy atom. The van der Waals surface area contributed by atoms with Crippen LogP contribution in [0.1, 0.15) is 6.92 Å². The predicted molar refractivity (Wildman–Crippen MR) is 129 cm³/mol. The van der Waals surface area contributed by atoms with Crippen LogP contribution >= 0.6 is 0 Å². The van der Waals surface area contributed by atoms with E-state index >= 15 is 0 Å². The summed E-state index contributed by atoms with van der Waals surface area (Å²) in [6.07, 6.45) is 0. The highest BCUT2D eigenvalue weighted by Crippen LogP contribution is 2.47. The zero-order chi connectivity index (χ0) is 24.4. The van der Waals surface area contributed by atoms with E-state index in [1.165, 1.54) is 0 Å². The molecule has 0 radical (unpaired) electrons. The van der Waals surface area contributed by atoms with Crippen LogP contribution in [0.5, 0.6) is 0 Å². The first-order chi connectivity index (χ1) is 14.8. The predicted octanol–water partition coefficient (Wildman–Crippen LogP) is 1.91. The van der Waals surface area contributed by atoms with Crippen molar-refractivity contribution in [3.63, 3.8) is 0 Å². The Kier molecular flexibility index (Phi) is 5.76. The zero-order valence-electron chi connectivity index (χ0n) is 20.5. The summed E-state index contributed by atoms with van der Waals surface area (Å²) in [4.78, 5) is 0. The first kappa shape index (κ1) is 26.1. The fourth-order valence-electron chi connectivity index (χ4n) is 5.15. The molecule has 0 N–H and O–H groups in total. The van der Waals surface area contributed by atoms with Crippen LogP contribution in [-0.4, -0.2) is 79.0 Å². The lowest BCUT2D eigenvalue weighted by Gasteiger charge is -2.59. The van der Waals surface area contributed by atoms with Crippen LogP contribution in [0.3, 0.4) is 0 Å². The minimum atomic E-state index is -3.56. The van der Waals surface area contributed by atoms with E-state index in [0.717, 1.165) is 0 Å². The van der Waals surface area contributed by atoms with Crippen LogP contribution < -0.4 is 0 Å². The minimum Gasteiger partial charge on any atom is -0.395 e. The molecular weight excluding hydrogens is 593 g/mol. The zero-order valence-corrected chi connectivity index (χ0v) is 29.5. The lowest BCUT2D eigenvalue weighted by atomic mass is 11.0. The van der Waals surface area contributed by atoms with Crippen molar-refractivity contribution >= 4 is 79.0 Å². The molecular formula is C11H32O13Si9. The maximum absolute atomic E-state index is 6.65. The Morgan fingerprint density at radius 3 is 0.606 bits per heavy atom. The number of rotatable bonds is 1. The molecule has 4 unspecified atom stereocenters. The van der Waals surface area contributed by atoms with E-state index in [-0.39, 0.29) is 0 Å². The summed E-state index contributed by atoms with van der Waals surface area (Å²) in [5.41, 5.74) is 0. The lowest BCUT2D eigenvalue weighted by Crippen LogP contribution is -2.84. The summed E-state index contributed by atoms with van der Waals surface area (Å²) in [5.74, 6) is 0. The molecule has 6 heterocycles. The third-order valence-electron chi connectivity index (χ3n) is 5.52. The third kappa shape index (κ3) is 4.86. The van der Waals surface area contributed by atoms with Gasteiger partial charge in [-0.15, -0.1) is 0 Å². The van der Waals surface area contributed by atoms with Gasteiger partial charge in [-0.2, -0.15) is 0 Å². The molecule has 6 fully saturated rings. The monoisotopic (exact) mass is 624 g/mol. The van der Waals surface area contributed by atoms with E-state index in [1.807, 2.05) is 13.5 Å². The Labute approximate surface area is 203 Å². The number of hydrogen-bond acceptors (Lipinski definition) is 13. The second-order valence-corrected chi connectivity index (χ2v) is 37.1. The largest absolute Gasteiger partial charge is 0.475 e. The van der Waals surface area contributed by atoms with Gasteiger partial charge in [0.05, 0.1) is 0 Å². The Bertz CT molecular complexity index is 768. The molecule has 190 valence electrons. The van der Waals surface area contributed by atoms with Gasteiger partial charge in [0.15, 0.2) is 0 Å². The van der Waals surface area contributed by atoms with Crippen LogP contribution in [0.15, 0.2) is 0 Å². The van der Waals surface area contributed by atoms with Crippen molar-refractivity contribution in [2.75, 3.05) is 0 Å². The van der Waals surface area contributed by atoms with Gasteiger partial charge in [0.25, 0.3) is 0 Å².